The molecule has 13 heavy (non-hydrogen) atoms. The van der Waals surface area contributed by atoms with Crippen molar-refractivity contribution in [2.75, 3.05) is 20.2 Å². The van der Waals surface area contributed by atoms with Gasteiger partial charge in [0.25, 0.3) is 0 Å². The molecule has 0 saturated carbocycles. The zero-order valence-corrected chi connectivity index (χ0v) is 8.54. The van der Waals surface area contributed by atoms with Crippen molar-refractivity contribution >= 4 is 6.09 Å². The number of rotatable bonds is 2. The van der Waals surface area contributed by atoms with Gasteiger partial charge in [-0.1, -0.05) is 0 Å². The Labute approximate surface area is 79.2 Å². The number of carbonyl (C=O) groups is 1. The molecule has 1 N–H and O–H groups in total. The lowest BCUT2D eigenvalue weighted by Gasteiger charge is -2.20. The number of carbonyl (C=O) groups excluding carboxylic acids is 1. The van der Waals surface area contributed by atoms with Crippen LogP contribution < -0.4 is 5.32 Å². The number of hydrogen-bond acceptors (Lipinski definition) is 3. The summed E-state index contributed by atoms with van der Waals surface area (Å²) < 4.78 is 4.54. The molecule has 76 valence electrons. The van der Waals surface area contributed by atoms with Crippen molar-refractivity contribution in [3.8, 4) is 0 Å². The van der Waals surface area contributed by atoms with Gasteiger partial charge in [0.1, 0.15) is 0 Å². The van der Waals surface area contributed by atoms with Gasteiger partial charge in [-0.15, -0.1) is 0 Å². The molecule has 0 radical (unpaired) electrons. The maximum absolute atomic E-state index is 10.9. The normalized spacial score (nSPS) is 23.5. The molecule has 0 bridgehead atoms. The number of nitrogens with one attached hydrogen (secondary N) is 1. The highest BCUT2D eigenvalue weighted by Gasteiger charge is 2.25. The van der Waals surface area contributed by atoms with Gasteiger partial charge in [0.05, 0.1) is 7.11 Å². The first-order chi connectivity index (χ1) is 6.13. The van der Waals surface area contributed by atoms with E-state index in [2.05, 4.69) is 28.8 Å². The second-order valence-electron chi connectivity index (χ2n) is 3.71. The van der Waals surface area contributed by atoms with Crippen LogP contribution in [0.15, 0.2) is 0 Å². The van der Waals surface area contributed by atoms with E-state index in [1.54, 1.807) is 0 Å². The number of nitrogens with zero attached hydrogens (tertiary/aromatic N) is 1. The van der Waals surface area contributed by atoms with Crippen molar-refractivity contribution in [3.63, 3.8) is 0 Å². The van der Waals surface area contributed by atoms with Crippen molar-refractivity contribution in [1.82, 2.24) is 10.2 Å². The van der Waals surface area contributed by atoms with E-state index < -0.39 is 0 Å². The number of amides is 1. The lowest BCUT2D eigenvalue weighted by Crippen LogP contribution is -2.38. The van der Waals surface area contributed by atoms with E-state index in [4.69, 9.17) is 0 Å². The second-order valence-corrected chi connectivity index (χ2v) is 3.71. The quantitative estimate of drug-likeness (QED) is 0.694. The minimum atomic E-state index is -0.324. The monoisotopic (exact) mass is 186 g/mol. The molecule has 4 nitrogen and oxygen atoms in total. The fraction of sp³-hybridized carbons (Fsp3) is 0.889. The molecule has 1 atom stereocenters. The standard InChI is InChI=1S/C9H18N2O2/c1-7(2)11-5-4-8(6-11)10-9(12)13-3/h7-8H,4-6H2,1-3H3,(H,10,12)/t8-/m0/s1. The van der Waals surface area contributed by atoms with Crippen LogP contribution in [0.25, 0.3) is 0 Å². The Morgan fingerprint density at radius 1 is 1.62 bits per heavy atom. The van der Waals surface area contributed by atoms with Crippen LogP contribution in [0.5, 0.6) is 0 Å². The number of methoxy groups -OCH3 is 1. The maximum Gasteiger partial charge on any atom is 0.407 e. The summed E-state index contributed by atoms with van der Waals surface area (Å²) in [6, 6.07) is 0.819. The third-order valence-electron chi connectivity index (χ3n) is 2.46. The van der Waals surface area contributed by atoms with Crippen LogP contribution in [0, 0.1) is 0 Å². The Balaban J connectivity index is 2.29. The summed E-state index contributed by atoms with van der Waals surface area (Å²) in [6.07, 6.45) is 0.698. The Morgan fingerprint density at radius 3 is 2.77 bits per heavy atom. The first-order valence-electron chi connectivity index (χ1n) is 4.72. The second kappa shape index (κ2) is 4.46. The van der Waals surface area contributed by atoms with Gasteiger partial charge in [-0.3, -0.25) is 4.90 Å². The van der Waals surface area contributed by atoms with Crippen LogP contribution in [0.4, 0.5) is 4.79 Å². The average molecular weight is 186 g/mol. The lowest BCUT2D eigenvalue weighted by molar-refractivity contribution is 0.166. The smallest absolute Gasteiger partial charge is 0.407 e. The fourth-order valence-corrected chi connectivity index (χ4v) is 1.60. The number of hydrogen-bond donors (Lipinski definition) is 1. The highest BCUT2D eigenvalue weighted by Crippen LogP contribution is 2.12. The fourth-order valence-electron chi connectivity index (χ4n) is 1.60. The van der Waals surface area contributed by atoms with E-state index >= 15 is 0 Å². The molecular weight excluding hydrogens is 168 g/mol. The number of likely N-dealkylation sites (tertiary alicyclic amines) is 1. The molecule has 1 heterocycles. The third kappa shape index (κ3) is 2.88. The Morgan fingerprint density at radius 2 is 2.31 bits per heavy atom. The van der Waals surface area contributed by atoms with Crippen molar-refractivity contribution in [2.24, 2.45) is 0 Å². The SMILES string of the molecule is COC(=O)N[C@H]1CCN(C(C)C)C1. The molecule has 0 aromatic heterocycles. The van der Waals surface area contributed by atoms with Crippen molar-refractivity contribution in [3.05, 3.63) is 0 Å². The molecule has 1 amide bonds. The molecule has 0 aliphatic carbocycles. The van der Waals surface area contributed by atoms with Gasteiger partial charge in [-0.05, 0) is 20.3 Å². The number of ether oxygens (including phenoxy) is 1. The molecule has 1 aliphatic rings. The van der Waals surface area contributed by atoms with Gasteiger partial charge in [0, 0.05) is 25.2 Å². The topological polar surface area (TPSA) is 41.6 Å². The molecule has 0 aromatic rings. The van der Waals surface area contributed by atoms with Gasteiger partial charge in [-0.25, -0.2) is 4.79 Å². The maximum atomic E-state index is 10.9. The molecule has 1 saturated heterocycles. The van der Waals surface area contributed by atoms with Crippen LogP contribution >= 0.6 is 0 Å². The van der Waals surface area contributed by atoms with Crippen LogP contribution in [0.2, 0.25) is 0 Å². The van der Waals surface area contributed by atoms with E-state index in [1.165, 1.54) is 7.11 Å². The minimum absolute atomic E-state index is 0.259. The van der Waals surface area contributed by atoms with Gasteiger partial charge in [0.15, 0.2) is 0 Å². The van der Waals surface area contributed by atoms with Gasteiger partial charge < -0.3 is 10.1 Å². The number of alkyl carbamates (subject to hydrolysis) is 1. The van der Waals surface area contributed by atoms with E-state index in [1.807, 2.05) is 0 Å². The van der Waals surface area contributed by atoms with Crippen molar-refractivity contribution < 1.29 is 9.53 Å². The largest absolute Gasteiger partial charge is 0.453 e. The lowest BCUT2D eigenvalue weighted by atomic mass is 10.3. The van der Waals surface area contributed by atoms with Crippen molar-refractivity contribution in [1.29, 1.82) is 0 Å². The first-order valence-corrected chi connectivity index (χ1v) is 4.72. The summed E-state index contributed by atoms with van der Waals surface area (Å²) in [5, 5.41) is 2.81. The van der Waals surface area contributed by atoms with E-state index in [0.717, 1.165) is 19.5 Å². The average Bonchev–Trinajstić information content (AvgIpc) is 2.52. The summed E-state index contributed by atoms with van der Waals surface area (Å²) in [7, 11) is 1.39. The van der Waals surface area contributed by atoms with Crippen LogP contribution in [0.1, 0.15) is 20.3 Å². The van der Waals surface area contributed by atoms with Gasteiger partial charge >= 0.3 is 6.09 Å². The highest BCUT2D eigenvalue weighted by atomic mass is 16.5. The summed E-state index contributed by atoms with van der Waals surface area (Å²) in [5.41, 5.74) is 0. The minimum Gasteiger partial charge on any atom is -0.453 e. The van der Waals surface area contributed by atoms with Crippen LogP contribution in [-0.4, -0.2) is 43.3 Å². The zero-order valence-electron chi connectivity index (χ0n) is 8.54. The van der Waals surface area contributed by atoms with E-state index in [9.17, 15) is 4.79 Å². The molecule has 0 spiro atoms. The molecule has 0 unspecified atom stereocenters. The highest BCUT2D eigenvalue weighted by molar-refractivity contribution is 5.67. The zero-order chi connectivity index (χ0) is 9.84. The molecule has 0 aromatic carbocycles. The van der Waals surface area contributed by atoms with Crippen molar-refractivity contribution in [2.45, 2.75) is 32.4 Å². The predicted octanol–water partition coefficient (Wildman–Crippen LogP) is 0.825. The van der Waals surface area contributed by atoms with E-state index in [-0.39, 0.29) is 12.1 Å². The van der Waals surface area contributed by atoms with Crippen LogP contribution in [-0.2, 0) is 4.74 Å². The summed E-state index contributed by atoms with van der Waals surface area (Å²) in [5.74, 6) is 0. The Bertz CT molecular complexity index is 182. The molecule has 1 rings (SSSR count). The Hall–Kier alpha value is -0.770. The van der Waals surface area contributed by atoms with Crippen LogP contribution in [0.3, 0.4) is 0 Å². The van der Waals surface area contributed by atoms with Gasteiger partial charge in [-0.2, -0.15) is 0 Å². The summed E-state index contributed by atoms with van der Waals surface area (Å²) in [4.78, 5) is 13.2. The van der Waals surface area contributed by atoms with E-state index in [0.29, 0.717) is 6.04 Å². The Kier molecular flexibility index (Phi) is 3.54. The summed E-state index contributed by atoms with van der Waals surface area (Å²) >= 11 is 0. The predicted molar refractivity (Wildman–Crippen MR) is 50.7 cm³/mol. The molecule has 1 aliphatic heterocycles. The summed E-state index contributed by atoms with van der Waals surface area (Å²) in [6.45, 7) is 6.33. The first kappa shape index (κ1) is 10.3. The third-order valence-corrected chi connectivity index (χ3v) is 2.46. The van der Waals surface area contributed by atoms with Gasteiger partial charge in [0.2, 0.25) is 0 Å². The molecular formula is C9H18N2O2. The molecule has 4 heteroatoms. The molecule has 1 fully saturated rings.